The maximum Gasteiger partial charge on any atom is 0.254 e. The van der Waals surface area contributed by atoms with Crippen molar-refractivity contribution in [3.8, 4) is 0 Å². The zero-order valence-corrected chi connectivity index (χ0v) is 21.2. The molecule has 3 rings (SSSR count). The van der Waals surface area contributed by atoms with Crippen LogP contribution in [0.2, 0.25) is 0 Å². The van der Waals surface area contributed by atoms with E-state index in [0.717, 1.165) is 32.1 Å². The van der Waals surface area contributed by atoms with Crippen LogP contribution in [0.5, 0.6) is 0 Å². The summed E-state index contributed by atoms with van der Waals surface area (Å²) in [6.45, 7) is 10.4. The molecule has 0 aromatic heterocycles. The number of likely N-dealkylation sites (tertiary alicyclic amines) is 1. The zero-order chi connectivity index (χ0) is 24.2. The first-order chi connectivity index (χ1) is 15.6. The maximum atomic E-state index is 13.2. The Hall–Kier alpha value is -1.93. The Morgan fingerprint density at radius 3 is 2.24 bits per heavy atom. The number of hydrogen-bond acceptors (Lipinski definition) is 4. The Labute approximate surface area is 199 Å². The summed E-state index contributed by atoms with van der Waals surface area (Å²) >= 11 is 0. The molecule has 8 heteroatoms. The molecule has 1 aromatic rings. The summed E-state index contributed by atoms with van der Waals surface area (Å²) in [4.78, 5) is 27.7. The molecule has 0 spiro atoms. The molecule has 2 heterocycles. The van der Waals surface area contributed by atoms with E-state index in [9.17, 15) is 18.0 Å². The molecule has 33 heavy (non-hydrogen) atoms. The summed E-state index contributed by atoms with van der Waals surface area (Å²) in [7, 11) is -3.58. The number of nitrogens with one attached hydrogen (secondary N) is 1. The lowest BCUT2D eigenvalue weighted by molar-refractivity contribution is -0.126. The summed E-state index contributed by atoms with van der Waals surface area (Å²) in [6.07, 6.45) is 4.55. The number of rotatable bonds is 7. The van der Waals surface area contributed by atoms with Crippen molar-refractivity contribution in [2.24, 2.45) is 17.8 Å². The van der Waals surface area contributed by atoms with Crippen LogP contribution in [0.25, 0.3) is 0 Å². The minimum absolute atomic E-state index is 0.0135. The van der Waals surface area contributed by atoms with Gasteiger partial charge in [0.05, 0.1) is 10.8 Å². The molecule has 0 saturated carbocycles. The number of carbonyl (C=O) groups excluding carboxylic acids is 2. The number of unbranched alkanes of at least 4 members (excludes halogenated alkanes) is 1. The van der Waals surface area contributed by atoms with Gasteiger partial charge in [-0.25, -0.2) is 8.42 Å². The zero-order valence-electron chi connectivity index (χ0n) is 20.4. The van der Waals surface area contributed by atoms with Gasteiger partial charge in [0.15, 0.2) is 0 Å². The Bertz CT molecular complexity index is 921. The lowest BCUT2D eigenvalue weighted by Gasteiger charge is -2.37. The smallest absolute Gasteiger partial charge is 0.254 e. The summed E-state index contributed by atoms with van der Waals surface area (Å²) in [5, 5.41) is 2.98. The number of nitrogens with zero attached hydrogens (tertiary/aromatic N) is 2. The molecule has 2 fully saturated rings. The second kappa shape index (κ2) is 11.0. The van der Waals surface area contributed by atoms with Gasteiger partial charge >= 0.3 is 0 Å². The van der Waals surface area contributed by atoms with E-state index in [1.54, 1.807) is 21.3 Å². The summed E-state index contributed by atoms with van der Waals surface area (Å²) in [5.41, 5.74) is 0.452. The third-order valence-corrected chi connectivity index (χ3v) is 8.76. The summed E-state index contributed by atoms with van der Waals surface area (Å²) in [6, 6.07) is 6.32. The van der Waals surface area contributed by atoms with Gasteiger partial charge in [0.2, 0.25) is 15.9 Å². The number of piperidine rings is 2. The third kappa shape index (κ3) is 6.15. The molecule has 2 aliphatic heterocycles. The van der Waals surface area contributed by atoms with Gasteiger partial charge < -0.3 is 10.2 Å². The van der Waals surface area contributed by atoms with E-state index in [0.29, 0.717) is 43.6 Å². The second-order valence-electron chi connectivity index (χ2n) is 10.0. The fourth-order valence-electron chi connectivity index (χ4n) is 5.02. The first-order valence-corrected chi connectivity index (χ1v) is 13.8. The number of hydrogen-bond donors (Lipinski definition) is 1. The molecular formula is C25H39N3O4S. The largest absolute Gasteiger partial charge is 0.356 e. The Kier molecular flexibility index (Phi) is 8.56. The maximum absolute atomic E-state index is 13.2. The summed E-state index contributed by atoms with van der Waals surface area (Å²) in [5.74, 6) is 0.316. The standard InChI is InChI=1S/C25H39N3O4S/c1-5-6-13-26-24(29)22-8-7-20(4)28(17-22)25(30)21-9-11-23(12-10-21)33(31,32)27-15-18(2)14-19(3)16-27/h9-12,18-20,22H,5-8,13-17H2,1-4H3,(H,26,29). The van der Waals surface area contributed by atoms with E-state index in [1.165, 1.54) is 12.1 Å². The van der Waals surface area contributed by atoms with Crippen LogP contribution in [0.4, 0.5) is 0 Å². The van der Waals surface area contributed by atoms with Crippen molar-refractivity contribution in [2.45, 2.75) is 70.7 Å². The Morgan fingerprint density at radius 1 is 1.00 bits per heavy atom. The fraction of sp³-hybridized carbons (Fsp3) is 0.680. The average Bonchev–Trinajstić information content (AvgIpc) is 2.78. The van der Waals surface area contributed by atoms with Crippen molar-refractivity contribution in [3.63, 3.8) is 0 Å². The van der Waals surface area contributed by atoms with Crippen LogP contribution in [0.1, 0.15) is 70.2 Å². The molecule has 0 aliphatic carbocycles. The fourth-order valence-corrected chi connectivity index (χ4v) is 6.70. The topological polar surface area (TPSA) is 86.8 Å². The first kappa shape index (κ1) is 25.7. The van der Waals surface area contributed by atoms with Crippen LogP contribution in [0.3, 0.4) is 0 Å². The molecule has 184 valence electrons. The van der Waals surface area contributed by atoms with Gasteiger partial charge in [0.25, 0.3) is 5.91 Å². The SMILES string of the molecule is CCCCNC(=O)C1CCC(C)N(C(=O)c2ccc(S(=O)(=O)N3CC(C)CC(C)C3)cc2)C1. The van der Waals surface area contributed by atoms with Crippen LogP contribution in [-0.2, 0) is 14.8 Å². The van der Waals surface area contributed by atoms with E-state index >= 15 is 0 Å². The van der Waals surface area contributed by atoms with E-state index in [-0.39, 0.29) is 28.7 Å². The van der Waals surface area contributed by atoms with Gasteiger partial charge in [0.1, 0.15) is 0 Å². The average molecular weight is 478 g/mol. The van der Waals surface area contributed by atoms with Gasteiger partial charge in [-0.2, -0.15) is 4.31 Å². The molecule has 2 saturated heterocycles. The number of sulfonamides is 1. The second-order valence-corrected chi connectivity index (χ2v) is 12.0. The van der Waals surface area contributed by atoms with Crippen molar-refractivity contribution in [1.82, 2.24) is 14.5 Å². The van der Waals surface area contributed by atoms with Crippen molar-refractivity contribution in [1.29, 1.82) is 0 Å². The normalized spacial score (nSPS) is 26.7. The lowest BCUT2D eigenvalue weighted by Crippen LogP contribution is -2.49. The van der Waals surface area contributed by atoms with Gasteiger partial charge in [-0.05, 0) is 68.7 Å². The van der Waals surface area contributed by atoms with Crippen molar-refractivity contribution >= 4 is 21.8 Å². The van der Waals surface area contributed by atoms with E-state index in [1.807, 2.05) is 6.92 Å². The first-order valence-electron chi connectivity index (χ1n) is 12.3. The molecule has 7 nitrogen and oxygen atoms in total. The Balaban J connectivity index is 1.69. The van der Waals surface area contributed by atoms with Crippen LogP contribution in [0.15, 0.2) is 29.2 Å². The molecule has 0 bridgehead atoms. The predicted octanol–water partition coefficient (Wildman–Crippen LogP) is 3.51. The molecule has 2 amide bonds. The lowest BCUT2D eigenvalue weighted by atomic mass is 9.92. The van der Waals surface area contributed by atoms with E-state index in [4.69, 9.17) is 0 Å². The highest BCUT2D eigenvalue weighted by Crippen LogP contribution is 2.28. The van der Waals surface area contributed by atoms with E-state index in [2.05, 4.69) is 26.1 Å². The van der Waals surface area contributed by atoms with Crippen LogP contribution >= 0.6 is 0 Å². The highest BCUT2D eigenvalue weighted by molar-refractivity contribution is 7.89. The van der Waals surface area contributed by atoms with Crippen LogP contribution in [0, 0.1) is 17.8 Å². The van der Waals surface area contributed by atoms with Gasteiger partial charge in [0, 0.05) is 37.8 Å². The minimum Gasteiger partial charge on any atom is -0.356 e. The third-order valence-electron chi connectivity index (χ3n) is 6.92. The molecule has 4 unspecified atom stereocenters. The summed E-state index contributed by atoms with van der Waals surface area (Å²) < 4.78 is 27.8. The van der Waals surface area contributed by atoms with Crippen molar-refractivity contribution < 1.29 is 18.0 Å². The van der Waals surface area contributed by atoms with Gasteiger partial charge in [-0.1, -0.05) is 27.2 Å². The van der Waals surface area contributed by atoms with Crippen molar-refractivity contribution in [3.05, 3.63) is 29.8 Å². The van der Waals surface area contributed by atoms with Crippen LogP contribution < -0.4 is 5.32 Å². The number of amides is 2. The molecule has 1 aromatic carbocycles. The van der Waals surface area contributed by atoms with Crippen LogP contribution in [-0.4, -0.2) is 61.7 Å². The quantitative estimate of drug-likeness (QED) is 0.609. The molecular weight excluding hydrogens is 438 g/mol. The molecule has 0 radical (unpaired) electrons. The Morgan fingerprint density at radius 2 is 1.64 bits per heavy atom. The number of benzene rings is 1. The highest BCUT2D eigenvalue weighted by atomic mass is 32.2. The molecule has 2 aliphatic rings. The predicted molar refractivity (Wildman–Crippen MR) is 129 cm³/mol. The van der Waals surface area contributed by atoms with Crippen molar-refractivity contribution in [2.75, 3.05) is 26.2 Å². The number of carbonyl (C=O) groups is 2. The molecule has 4 atom stereocenters. The van der Waals surface area contributed by atoms with Gasteiger partial charge in [-0.3, -0.25) is 9.59 Å². The molecule has 1 N–H and O–H groups in total. The minimum atomic E-state index is -3.58. The van der Waals surface area contributed by atoms with E-state index < -0.39 is 10.0 Å². The van der Waals surface area contributed by atoms with Gasteiger partial charge in [-0.15, -0.1) is 0 Å². The monoisotopic (exact) mass is 477 g/mol. The highest BCUT2D eigenvalue weighted by Gasteiger charge is 2.34.